The first kappa shape index (κ1) is 34.3. The fourth-order valence-electron chi connectivity index (χ4n) is 10.7. The van der Waals surface area contributed by atoms with Crippen LogP contribution >= 0.6 is 11.3 Å². The first-order chi connectivity index (χ1) is 30.3. The average molecular weight is 796 g/mol. The van der Waals surface area contributed by atoms with Crippen molar-refractivity contribution >= 4 is 65.8 Å². The third-order valence-corrected chi connectivity index (χ3v) is 14.3. The second-order valence-corrected chi connectivity index (χ2v) is 17.3. The maximum absolute atomic E-state index is 3.72. The minimum atomic E-state index is -0.497. The van der Waals surface area contributed by atoms with Crippen LogP contribution in [0, 0.1) is 11.8 Å². The van der Waals surface area contributed by atoms with Crippen LogP contribution in [0.4, 0.5) is 17.1 Å². The molecular formula is C57H37N3S. The van der Waals surface area contributed by atoms with Crippen molar-refractivity contribution in [2.45, 2.75) is 18.3 Å². The molecule has 0 amide bonds. The molecule has 4 heteroatoms. The van der Waals surface area contributed by atoms with Gasteiger partial charge in [0.05, 0.1) is 22.5 Å². The van der Waals surface area contributed by atoms with E-state index in [1.54, 1.807) is 0 Å². The normalized spacial score (nSPS) is 18.2. The number of benzene rings is 7. The second kappa shape index (κ2) is 13.2. The van der Waals surface area contributed by atoms with Crippen molar-refractivity contribution in [1.29, 1.82) is 0 Å². The summed E-state index contributed by atoms with van der Waals surface area (Å²) in [5.41, 5.74) is 22.7. The molecule has 13 rings (SSSR count). The van der Waals surface area contributed by atoms with Gasteiger partial charge in [-0.05, 0) is 98.6 Å². The topological polar surface area (TPSA) is 18.5 Å². The average Bonchev–Trinajstić information content (AvgIpc) is 3.92. The number of thiophene rings is 1. The van der Waals surface area contributed by atoms with Crippen LogP contribution in [0.2, 0.25) is 0 Å². The van der Waals surface area contributed by atoms with E-state index in [-0.39, 0.29) is 0 Å². The minimum absolute atomic E-state index is 0.497. The highest BCUT2D eigenvalue weighted by molar-refractivity contribution is 7.25. The molecule has 1 spiro atoms. The fraction of sp³-hybridized carbons (Fsp3) is 0.0526. The molecule has 3 nitrogen and oxygen atoms in total. The summed E-state index contributed by atoms with van der Waals surface area (Å²) < 4.78 is 2.58. The molecule has 2 aliphatic heterocycles. The van der Waals surface area contributed by atoms with E-state index in [1.165, 1.54) is 70.3 Å². The number of anilines is 3. The van der Waals surface area contributed by atoms with Gasteiger partial charge in [0.25, 0.3) is 0 Å². The molecule has 0 radical (unpaired) electrons. The number of nitrogens with zero attached hydrogens (tertiary/aromatic N) is 2. The Hall–Kier alpha value is -7.58. The Morgan fingerprint density at radius 3 is 2.23 bits per heavy atom. The zero-order chi connectivity index (χ0) is 40.1. The first-order valence-electron chi connectivity index (χ1n) is 21.0. The van der Waals surface area contributed by atoms with E-state index in [1.807, 2.05) is 11.3 Å². The maximum atomic E-state index is 3.72. The van der Waals surface area contributed by atoms with Crippen molar-refractivity contribution < 1.29 is 0 Å². The smallest absolute Gasteiger partial charge is 0.0878 e. The molecule has 0 fully saturated rings. The van der Waals surface area contributed by atoms with E-state index in [0.717, 1.165) is 46.0 Å². The van der Waals surface area contributed by atoms with Crippen LogP contribution in [0.1, 0.15) is 46.2 Å². The highest BCUT2D eigenvalue weighted by Crippen LogP contribution is 2.63. The van der Waals surface area contributed by atoms with E-state index in [0.29, 0.717) is 6.42 Å². The standard InChI is InChI=1S/C57H37N3S/c1-2-7-23-48-41(19-6-1)42-20-9-12-24-49(42)57(48)50-25-13-10-21-43(50)44-31-29-40(35-51(44)57)59(39-30-33-55-46(34-39)45-22-11-15-27-54(45)61-55)56-47(37-16-4-3-5-17-37)36-58-60-52-26-14-8-18-38(52)28-32-53(56)60/h3-6,8-22,24-36,58H,1,23H2/b19-6-. The summed E-state index contributed by atoms with van der Waals surface area (Å²) in [4.78, 5) is 2.52. The predicted octanol–water partition coefficient (Wildman–Crippen LogP) is 13.9. The van der Waals surface area contributed by atoms with Gasteiger partial charge in [-0.3, -0.25) is 5.01 Å². The SMILES string of the molecule is C1#CCC2=C(/C=C\C1)c1ccccc1C21c2ccccc2-c2ccc(N(C3=C4C=Cc5ccccc5N4NC=C3c3ccccc3)c3ccc4sc5ccccc5c4c3)cc21. The van der Waals surface area contributed by atoms with Crippen LogP contribution in [0.3, 0.4) is 0 Å². The van der Waals surface area contributed by atoms with Crippen LogP contribution in [0.5, 0.6) is 0 Å². The van der Waals surface area contributed by atoms with Crippen LogP contribution in [-0.2, 0) is 5.41 Å². The van der Waals surface area contributed by atoms with Crippen LogP contribution < -0.4 is 15.3 Å². The molecule has 0 saturated heterocycles. The molecule has 0 saturated carbocycles. The van der Waals surface area contributed by atoms with Gasteiger partial charge in [-0.25, -0.2) is 0 Å². The Morgan fingerprint density at radius 1 is 0.590 bits per heavy atom. The molecule has 1 unspecified atom stereocenters. The van der Waals surface area contributed by atoms with E-state index in [9.17, 15) is 0 Å². The van der Waals surface area contributed by atoms with Crippen molar-refractivity contribution in [3.8, 4) is 23.0 Å². The summed E-state index contributed by atoms with van der Waals surface area (Å²) in [6.07, 6.45) is 12.8. The fourth-order valence-corrected chi connectivity index (χ4v) is 11.8. The highest BCUT2D eigenvalue weighted by Gasteiger charge is 2.52. The summed E-state index contributed by atoms with van der Waals surface area (Å²) in [6, 6.07) is 60.7. The van der Waals surface area contributed by atoms with Gasteiger partial charge < -0.3 is 10.3 Å². The van der Waals surface area contributed by atoms with Gasteiger partial charge in [0.2, 0.25) is 0 Å². The largest absolute Gasteiger partial charge is 0.308 e. The Bertz CT molecular complexity index is 3420. The van der Waals surface area contributed by atoms with E-state index >= 15 is 0 Å². The number of rotatable bonds is 4. The van der Waals surface area contributed by atoms with Gasteiger partial charge in [-0.2, -0.15) is 0 Å². The van der Waals surface area contributed by atoms with Crippen molar-refractivity contribution in [3.63, 3.8) is 0 Å². The van der Waals surface area contributed by atoms with E-state index < -0.39 is 5.41 Å². The number of allylic oxidation sites excluding steroid dienone is 6. The molecule has 1 atom stereocenters. The molecule has 1 aromatic heterocycles. The lowest BCUT2D eigenvalue weighted by atomic mass is 9.68. The van der Waals surface area contributed by atoms with Gasteiger partial charge in [-0.15, -0.1) is 11.3 Å². The molecular weight excluding hydrogens is 759 g/mol. The zero-order valence-electron chi connectivity index (χ0n) is 33.2. The summed E-state index contributed by atoms with van der Waals surface area (Å²) in [5.74, 6) is 7.06. The summed E-state index contributed by atoms with van der Waals surface area (Å²) in [7, 11) is 0. The van der Waals surface area contributed by atoms with Crippen molar-refractivity contribution in [2.75, 3.05) is 9.91 Å². The molecule has 61 heavy (non-hydrogen) atoms. The predicted molar refractivity (Wildman–Crippen MR) is 255 cm³/mol. The first-order valence-corrected chi connectivity index (χ1v) is 21.8. The van der Waals surface area contributed by atoms with Crippen LogP contribution in [0.15, 0.2) is 205 Å². The quantitative estimate of drug-likeness (QED) is 0.179. The lowest BCUT2D eigenvalue weighted by Gasteiger charge is -2.40. The molecule has 5 aliphatic rings. The Balaban J connectivity index is 1.13. The summed E-state index contributed by atoms with van der Waals surface area (Å²) in [6.45, 7) is 0. The van der Waals surface area contributed by atoms with Gasteiger partial charge >= 0.3 is 0 Å². The number of nitrogens with one attached hydrogen (secondary N) is 1. The number of fused-ring (bicyclic) bond motifs is 15. The molecule has 7 aromatic carbocycles. The monoisotopic (exact) mass is 795 g/mol. The number of hydrogen-bond acceptors (Lipinski definition) is 4. The van der Waals surface area contributed by atoms with Crippen LogP contribution in [-0.4, -0.2) is 0 Å². The third-order valence-electron chi connectivity index (χ3n) is 13.2. The number of para-hydroxylation sites is 1. The third kappa shape index (κ3) is 4.87. The molecule has 1 N–H and O–H groups in total. The number of hydrazine groups is 1. The lowest BCUT2D eigenvalue weighted by molar-refractivity contribution is 0.750. The Labute approximate surface area is 359 Å². The zero-order valence-corrected chi connectivity index (χ0v) is 34.0. The van der Waals surface area contributed by atoms with Crippen LogP contribution in [0.25, 0.3) is 48.5 Å². The Kier molecular flexibility index (Phi) is 7.43. The van der Waals surface area contributed by atoms with E-state index in [4.69, 9.17) is 0 Å². The molecule has 3 heterocycles. The molecule has 286 valence electrons. The maximum Gasteiger partial charge on any atom is 0.0878 e. The minimum Gasteiger partial charge on any atom is -0.308 e. The van der Waals surface area contributed by atoms with Gasteiger partial charge in [0.15, 0.2) is 0 Å². The van der Waals surface area contributed by atoms with E-state index in [2.05, 4.69) is 221 Å². The van der Waals surface area contributed by atoms with Crippen molar-refractivity contribution in [1.82, 2.24) is 5.43 Å². The van der Waals surface area contributed by atoms with Crippen molar-refractivity contribution in [3.05, 3.63) is 239 Å². The van der Waals surface area contributed by atoms with Gasteiger partial charge in [0.1, 0.15) is 0 Å². The highest BCUT2D eigenvalue weighted by atomic mass is 32.1. The van der Waals surface area contributed by atoms with Gasteiger partial charge in [0, 0.05) is 61.7 Å². The lowest BCUT2D eigenvalue weighted by Crippen LogP contribution is -2.41. The molecule has 3 aliphatic carbocycles. The molecule has 0 bridgehead atoms. The number of hydrogen-bond donors (Lipinski definition) is 1. The van der Waals surface area contributed by atoms with Gasteiger partial charge in [-0.1, -0.05) is 151 Å². The summed E-state index contributed by atoms with van der Waals surface area (Å²) in [5, 5.41) is 4.79. The molecule has 8 aromatic rings. The second-order valence-electron chi connectivity index (χ2n) is 16.2. The Morgan fingerprint density at radius 2 is 1.31 bits per heavy atom. The van der Waals surface area contributed by atoms with Crippen molar-refractivity contribution in [2.24, 2.45) is 0 Å². The summed E-state index contributed by atoms with van der Waals surface area (Å²) >= 11 is 1.86.